The first-order chi connectivity index (χ1) is 6.72. The molecule has 1 aromatic carbocycles. The molecule has 0 aliphatic heterocycles. The van der Waals surface area contributed by atoms with Crippen LogP contribution in [0.15, 0.2) is 12.1 Å². The molecule has 0 aromatic heterocycles. The molecule has 68 valence electrons. The highest BCUT2D eigenvalue weighted by Crippen LogP contribution is 2.15. The largest absolute Gasteiger partial charge is 0.298 e. The van der Waals surface area contributed by atoms with Crippen molar-refractivity contribution in [3.63, 3.8) is 0 Å². The Labute approximate surface area is 82.2 Å². The summed E-state index contributed by atoms with van der Waals surface area (Å²) in [6.45, 7) is 1.78. The fraction of sp³-hybridized carbons (Fsp3) is 0.182. The summed E-state index contributed by atoms with van der Waals surface area (Å²) in [6, 6.07) is 7.19. The zero-order valence-corrected chi connectivity index (χ0v) is 7.74. The van der Waals surface area contributed by atoms with Crippen LogP contribution in [0, 0.1) is 29.6 Å². The molecule has 14 heavy (non-hydrogen) atoms. The maximum atomic E-state index is 10.6. The molecule has 0 aliphatic rings. The standard InChI is InChI=1S/C11H8N2O/c1-8-4-9(2-3-12)10(6-13)5-11(8)7-14/h4-5,7H,2H2,1H3. The van der Waals surface area contributed by atoms with Crippen LogP contribution in [0.4, 0.5) is 0 Å². The Morgan fingerprint density at radius 2 is 2.14 bits per heavy atom. The Kier molecular flexibility index (Phi) is 2.99. The van der Waals surface area contributed by atoms with Gasteiger partial charge in [0.2, 0.25) is 0 Å². The highest BCUT2D eigenvalue weighted by atomic mass is 16.1. The number of aldehydes is 1. The van der Waals surface area contributed by atoms with Gasteiger partial charge in [0.05, 0.1) is 24.1 Å². The first-order valence-electron chi connectivity index (χ1n) is 4.08. The topological polar surface area (TPSA) is 64.7 Å². The maximum Gasteiger partial charge on any atom is 0.150 e. The first kappa shape index (κ1) is 9.95. The van der Waals surface area contributed by atoms with Crippen LogP contribution in [0.2, 0.25) is 0 Å². The van der Waals surface area contributed by atoms with E-state index in [9.17, 15) is 4.79 Å². The molecule has 0 amide bonds. The number of carbonyl (C=O) groups excluding carboxylic acids is 1. The molecule has 3 nitrogen and oxygen atoms in total. The number of carbonyl (C=O) groups is 1. The van der Waals surface area contributed by atoms with Crippen LogP contribution < -0.4 is 0 Å². The van der Waals surface area contributed by atoms with Gasteiger partial charge in [-0.15, -0.1) is 0 Å². The Hall–Kier alpha value is -2.13. The minimum atomic E-state index is 0.197. The SMILES string of the molecule is Cc1cc(CC#N)c(C#N)cc1C=O. The van der Waals surface area contributed by atoms with E-state index in [1.165, 1.54) is 6.07 Å². The summed E-state index contributed by atoms with van der Waals surface area (Å²) in [7, 11) is 0. The quantitative estimate of drug-likeness (QED) is 0.657. The second-order valence-corrected chi connectivity index (χ2v) is 2.93. The van der Waals surface area contributed by atoms with E-state index < -0.39 is 0 Å². The van der Waals surface area contributed by atoms with E-state index in [-0.39, 0.29) is 6.42 Å². The van der Waals surface area contributed by atoms with E-state index in [2.05, 4.69) is 0 Å². The van der Waals surface area contributed by atoms with Crippen LogP contribution in [0.3, 0.4) is 0 Å². The monoisotopic (exact) mass is 184 g/mol. The molecular formula is C11H8N2O. The highest BCUT2D eigenvalue weighted by molar-refractivity contribution is 5.78. The van der Waals surface area contributed by atoms with Crippen molar-refractivity contribution in [2.75, 3.05) is 0 Å². The van der Waals surface area contributed by atoms with Gasteiger partial charge in [0.1, 0.15) is 6.29 Å². The van der Waals surface area contributed by atoms with Crippen molar-refractivity contribution in [2.24, 2.45) is 0 Å². The average molecular weight is 184 g/mol. The van der Waals surface area contributed by atoms with Gasteiger partial charge in [-0.3, -0.25) is 4.79 Å². The zero-order valence-electron chi connectivity index (χ0n) is 7.74. The Morgan fingerprint density at radius 3 is 2.64 bits per heavy atom. The van der Waals surface area contributed by atoms with Gasteiger partial charge in [-0.25, -0.2) is 0 Å². The van der Waals surface area contributed by atoms with E-state index in [0.717, 1.165) is 5.56 Å². The van der Waals surface area contributed by atoms with Gasteiger partial charge in [0.25, 0.3) is 0 Å². The van der Waals surface area contributed by atoms with Gasteiger partial charge < -0.3 is 0 Å². The van der Waals surface area contributed by atoms with Crippen LogP contribution in [-0.4, -0.2) is 6.29 Å². The number of benzene rings is 1. The fourth-order valence-corrected chi connectivity index (χ4v) is 1.25. The summed E-state index contributed by atoms with van der Waals surface area (Å²) in [5, 5.41) is 17.3. The first-order valence-corrected chi connectivity index (χ1v) is 4.08. The molecule has 0 saturated heterocycles. The van der Waals surface area contributed by atoms with Crippen LogP contribution in [0.1, 0.15) is 27.0 Å². The third-order valence-electron chi connectivity index (χ3n) is 2.01. The molecule has 0 fully saturated rings. The summed E-state index contributed by atoms with van der Waals surface area (Å²) in [4.78, 5) is 10.6. The van der Waals surface area contributed by atoms with Gasteiger partial charge >= 0.3 is 0 Å². The molecule has 0 atom stereocenters. The predicted octanol–water partition coefficient (Wildman–Crippen LogP) is 1.75. The Balaban J connectivity index is 3.34. The molecule has 0 saturated carbocycles. The van der Waals surface area contributed by atoms with Crippen molar-refractivity contribution < 1.29 is 4.79 Å². The van der Waals surface area contributed by atoms with E-state index >= 15 is 0 Å². The normalized spacial score (nSPS) is 8.79. The third kappa shape index (κ3) is 1.78. The molecule has 0 aliphatic carbocycles. The van der Waals surface area contributed by atoms with E-state index in [4.69, 9.17) is 10.5 Å². The van der Waals surface area contributed by atoms with Gasteiger partial charge in [-0.1, -0.05) is 6.07 Å². The maximum absolute atomic E-state index is 10.6. The lowest BCUT2D eigenvalue weighted by Gasteiger charge is -2.03. The number of hydrogen-bond donors (Lipinski definition) is 0. The minimum Gasteiger partial charge on any atom is -0.298 e. The van der Waals surface area contributed by atoms with Gasteiger partial charge in [0, 0.05) is 5.56 Å². The van der Waals surface area contributed by atoms with Crippen LogP contribution >= 0.6 is 0 Å². The lowest BCUT2D eigenvalue weighted by molar-refractivity contribution is 0.112. The Morgan fingerprint density at radius 1 is 1.43 bits per heavy atom. The van der Waals surface area contributed by atoms with Gasteiger partial charge in [-0.2, -0.15) is 10.5 Å². The van der Waals surface area contributed by atoms with E-state index in [0.29, 0.717) is 23.0 Å². The molecular weight excluding hydrogens is 176 g/mol. The smallest absolute Gasteiger partial charge is 0.150 e. The predicted molar refractivity (Wildman–Crippen MR) is 50.6 cm³/mol. The molecule has 0 heterocycles. The second kappa shape index (κ2) is 4.20. The molecule has 0 N–H and O–H groups in total. The highest BCUT2D eigenvalue weighted by Gasteiger charge is 2.06. The lowest BCUT2D eigenvalue weighted by atomic mass is 9.99. The molecule has 0 unspecified atom stereocenters. The van der Waals surface area contributed by atoms with E-state index in [1.807, 2.05) is 12.1 Å². The number of nitriles is 2. The van der Waals surface area contributed by atoms with Gasteiger partial charge in [-0.05, 0) is 24.1 Å². The van der Waals surface area contributed by atoms with Crippen molar-refractivity contribution in [3.05, 3.63) is 34.4 Å². The molecule has 1 rings (SSSR count). The number of hydrogen-bond acceptors (Lipinski definition) is 3. The number of aryl methyl sites for hydroxylation is 1. The van der Waals surface area contributed by atoms with Crippen LogP contribution in [0.25, 0.3) is 0 Å². The van der Waals surface area contributed by atoms with Crippen LogP contribution in [-0.2, 0) is 6.42 Å². The lowest BCUT2D eigenvalue weighted by Crippen LogP contribution is -1.95. The van der Waals surface area contributed by atoms with Crippen molar-refractivity contribution in [2.45, 2.75) is 13.3 Å². The zero-order chi connectivity index (χ0) is 10.6. The molecule has 1 aromatic rings. The summed E-state index contributed by atoms with van der Waals surface area (Å²) in [5.41, 5.74) is 2.38. The van der Waals surface area contributed by atoms with Crippen LogP contribution in [0.5, 0.6) is 0 Å². The Bertz CT molecular complexity index is 450. The molecule has 0 radical (unpaired) electrons. The molecule has 0 bridgehead atoms. The average Bonchev–Trinajstić information content (AvgIpc) is 2.19. The summed E-state index contributed by atoms with van der Waals surface area (Å²) in [6.07, 6.45) is 0.912. The third-order valence-corrected chi connectivity index (χ3v) is 2.01. The van der Waals surface area contributed by atoms with Gasteiger partial charge in [0.15, 0.2) is 0 Å². The number of rotatable bonds is 2. The van der Waals surface area contributed by atoms with Crippen molar-refractivity contribution in [3.8, 4) is 12.1 Å². The van der Waals surface area contributed by atoms with Crippen molar-refractivity contribution in [1.29, 1.82) is 10.5 Å². The second-order valence-electron chi connectivity index (χ2n) is 2.93. The molecule has 3 heteroatoms. The van der Waals surface area contributed by atoms with E-state index in [1.54, 1.807) is 13.0 Å². The summed E-state index contributed by atoms with van der Waals surface area (Å²) in [5.74, 6) is 0. The summed E-state index contributed by atoms with van der Waals surface area (Å²) < 4.78 is 0. The van der Waals surface area contributed by atoms with Crippen molar-refractivity contribution >= 4 is 6.29 Å². The number of nitrogens with zero attached hydrogens (tertiary/aromatic N) is 2. The fourth-order valence-electron chi connectivity index (χ4n) is 1.25. The summed E-state index contributed by atoms with van der Waals surface area (Å²) >= 11 is 0. The van der Waals surface area contributed by atoms with Crippen molar-refractivity contribution in [1.82, 2.24) is 0 Å². The minimum absolute atomic E-state index is 0.197. The molecule has 0 spiro atoms.